The van der Waals surface area contributed by atoms with Gasteiger partial charge in [-0.25, -0.2) is 4.79 Å². The van der Waals surface area contributed by atoms with Gasteiger partial charge in [0, 0.05) is 24.2 Å². The maximum atomic E-state index is 12.3. The van der Waals surface area contributed by atoms with Gasteiger partial charge in [0.05, 0.1) is 0 Å². The molecule has 0 unspecified atom stereocenters. The van der Waals surface area contributed by atoms with Crippen molar-refractivity contribution < 1.29 is 9.59 Å². The largest absolute Gasteiger partial charge is 0.335 e. The van der Waals surface area contributed by atoms with Crippen molar-refractivity contribution in [2.45, 2.75) is 64.5 Å². The van der Waals surface area contributed by atoms with Crippen LogP contribution in [0.4, 0.5) is 10.5 Å². The van der Waals surface area contributed by atoms with Gasteiger partial charge in [0.1, 0.15) is 0 Å². The molecule has 27 heavy (non-hydrogen) atoms. The normalized spacial score (nSPS) is 27.7. The Balaban J connectivity index is 1.23. The van der Waals surface area contributed by atoms with E-state index in [9.17, 15) is 9.59 Å². The van der Waals surface area contributed by atoms with Crippen LogP contribution in [-0.4, -0.2) is 18.0 Å². The first kappa shape index (κ1) is 18.3. The molecule has 146 valence electrons. The maximum absolute atomic E-state index is 12.3. The van der Waals surface area contributed by atoms with Gasteiger partial charge in [-0.05, 0) is 74.5 Å². The van der Waals surface area contributed by atoms with Crippen molar-refractivity contribution in [3.05, 3.63) is 29.8 Å². The molecule has 0 heterocycles. The number of amides is 3. The molecule has 0 aromatic heterocycles. The molecule has 3 saturated carbocycles. The van der Waals surface area contributed by atoms with E-state index in [-0.39, 0.29) is 23.9 Å². The fraction of sp³-hybridized carbons (Fsp3) is 0.636. The van der Waals surface area contributed by atoms with E-state index in [0.29, 0.717) is 12.5 Å². The molecule has 0 aliphatic heterocycles. The zero-order chi connectivity index (χ0) is 18.8. The second kappa shape index (κ2) is 7.91. The molecule has 5 heteroatoms. The number of hydrogen-bond acceptors (Lipinski definition) is 2. The van der Waals surface area contributed by atoms with E-state index >= 15 is 0 Å². The zero-order valence-electron chi connectivity index (χ0n) is 16.2. The number of nitrogens with one attached hydrogen (secondary N) is 3. The van der Waals surface area contributed by atoms with Crippen LogP contribution in [0.5, 0.6) is 0 Å². The third kappa shape index (κ3) is 4.28. The highest BCUT2D eigenvalue weighted by molar-refractivity contribution is 5.93. The molecule has 0 saturated heterocycles. The Hall–Kier alpha value is -2.04. The molecular weight excluding hydrogens is 338 g/mol. The van der Waals surface area contributed by atoms with Crippen molar-refractivity contribution in [3.63, 3.8) is 0 Å². The summed E-state index contributed by atoms with van der Waals surface area (Å²) in [7, 11) is 0. The SMILES string of the molecule is C[C@H](NC(=O)NCc1cccc(NC(=O)C2CCC2)c1)[C@@H]1C[C@H]2CC[C@H]1C2. The van der Waals surface area contributed by atoms with Crippen molar-refractivity contribution in [1.82, 2.24) is 10.6 Å². The minimum Gasteiger partial charge on any atom is -0.335 e. The number of hydrogen-bond donors (Lipinski definition) is 3. The molecule has 4 rings (SSSR count). The highest BCUT2D eigenvalue weighted by Gasteiger charge is 2.42. The van der Waals surface area contributed by atoms with Crippen LogP contribution in [0.1, 0.15) is 57.4 Å². The van der Waals surface area contributed by atoms with Crippen molar-refractivity contribution in [3.8, 4) is 0 Å². The van der Waals surface area contributed by atoms with Crippen LogP contribution in [0, 0.1) is 23.7 Å². The van der Waals surface area contributed by atoms with Crippen LogP contribution in [-0.2, 0) is 11.3 Å². The minimum absolute atomic E-state index is 0.103. The first-order valence-corrected chi connectivity index (χ1v) is 10.5. The van der Waals surface area contributed by atoms with E-state index in [2.05, 4.69) is 22.9 Å². The van der Waals surface area contributed by atoms with Gasteiger partial charge < -0.3 is 16.0 Å². The van der Waals surface area contributed by atoms with Crippen LogP contribution in [0.2, 0.25) is 0 Å². The summed E-state index contributed by atoms with van der Waals surface area (Å²) in [6, 6.07) is 7.86. The quantitative estimate of drug-likeness (QED) is 0.708. The number of carbonyl (C=O) groups excluding carboxylic acids is 2. The Kier molecular flexibility index (Phi) is 5.37. The lowest BCUT2D eigenvalue weighted by Gasteiger charge is -2.28. The van der Waals surface area contributed by atoms with Gasteiger partial charge >= 0.3 is 6.03 Å². The fourth-order valence-electron chi connectivity index (χ4n) is 5.13. The first-order chi connectivity index (χ1) is 13.1. The molecule has 3 amide bonds. The number of anilines is 1. The Morgan fingerprint density at radius 3 is 2.67 bits per heavy atom. The number of urea groups is 1. The monoisotopic (exact) mass is 369 g/mol. The van der Waals surface area contributed by atoms with Crippen molar-refractivity contribution >= 4 is 17.6 Å². The number of rotatable bonds is 6. The minimum atomic E-state index is -0.103. The highest BCUT2D eigenvalue weighted by atomic mass is 16.2. The molecule has 0 radical (unpaired) electrons. The van der Waals surface area contributed by atoms with E-state index in [1.165, 1.54) is 25.7 Å². The van der Waals surface area contributed by atoms with E-state index in [4.69, 9.17) is 0 Å². The molecule has 3 aliphatic carbocycles. The van der Waals surface area contributed by atoms with Gasteiger partial charge in [-0.15, -0.1) is 0 Å². The van der Waals surface area contributed by atoms with E-state index < -0.39 is 0 Å². The summed E-state index contributed by atoms with van der Waals surface area (Å²) in [5.74, 6) is 2.62. The molecule has 5 nitrogen and oxygen atoms in total. The summed E-state index contributed by atoms with van der Waals surface area (Å²) in [5, 5.41) is 9.08. The molecular formula is C22H31N3O2. The zero-order valence-corrected chi connectivity index (χ0v) is 16.2. The second-order valence-corrected chi connectivity index (χ2v) is 8.77. The summed E-state index contributed by atoms with van der Waals surface area (Å²) in [5.41, 5.74) is 1.80. The molecule has 1 aromatic rings. The summed E-state index contributed by atoms with van der Waals surface area (Å²) < 4.78 is 0. The fourth-order valence-corrected chi connectivity index (χ4v) is 5.13. The van der Waals surface area contributed by atoms with Gasteiger partial charge in [-0.2, -0.15) is 0 Å². The van der Waals surface area contributed by atoms with Crippen LogP contribution >= 0.6 is 0 Å². The Morgan fingerprint density at radius 2 is 2.00 bits per heavy atom. The van der Waals surface area contributed by atoms with Crippen LogP contribution < -0.4 is 16.0 Å². The lowest BCUT2D eigenvalue weighted by molar-refractivity contribution is -0.122. The van der Waals surface area contributed by atoms with Gasteiger partial charge in [0.25, 0.3) is 0 Å². The smallest absolute Gasteiger partial charge is 0.315 e. The summed E-state index contributed by atoms with van der Waals surface area (Å²) in [4.78, 5) is 24.4. The number of carbonyl (C=O) groups is 2. The van der Waals surface area contributed by atoms with Crippen LogP contribution in [0.25, 0.3) is 0 Å². The van der Waals surface area contributed by atoms with Gasteiger partial charge in [-0.1, -0.05) is 25.0 Å². The molecule has 3 fully saturated rings. The molecule has 4 atom stereocenters. The molecule has 3 aliphatic rings. The predicted octanol–water partition coefficient (Wildman–Crippen LogP) is 4.05. The molecule has 1 aromatic carbocycles. The lowest BCUT2D eigenvalue weighted by atomic mass is 9.84. The van der Waals surface area contributed by atoms with Crippen LogP contribution in [0.15, 0.2) is 24.3 Å². The van der Waals surface area contributed by atoms with Gasteiger partial charge in [-0.3, -0.25) is 4.79 Å². The lowest BCUT2D eigenvalue weighted by Crippen LogP contribution is -2.45. The van der Waals surface area contributed by atoms with Crippen molar-refractivity contribution in [1.29, 1.82) is 0 Å². The van der Waals surface area contributed by atoms with E-state index in [1.54, 1.807) is 0 Å². The van der Waals surface area contributed by atoms with Gasteiger partial charge in [0.2, 0.25) is 5.91 Å². The average Bonchev–Trinajstić information content (AvgIpc) is 3.22. The van der Waals surface area contributed by atoms with Crippen LogP contribution in [0.3, 0.4) is 0 Å². The Labute approximate surface area is 161 Å². The number of fused-ring (bicyclic) bond motifs is 2. The third-order valence-corrected chi connectivity index (χ3v) is 6.92. The maximum Gasteiger partial charge on any atom is 0.315 e. The Morgan fingerprint density at radius 1 is 1.15 bits per heavy atom. The van der Waals surface area contributed by atoms with E-state index in [0.717, 1.165) is 42.3 Å². The first-order valence-electron chi connectivity index (χ1n) is 10.5. The van der Waals surface area contributed by atoms with Gasteiger partial charge in [0.15, 0.2) is 0 Å². The number of benzene rings is 1. The van der Waals surface area contributed by atoms with E-state index in [1.807, 2.05) is 24.3 Å². The highest BCUT2D eigenvalue weighted by Crippen LogP contribution is 2.49. The topological polar surface area (TPSA) is 70.2 Å². The van der Waals surface area contributed by atoms with Crippen molar-refractivity contribution in [2.75, 3.05) is 5.32 Å². The summed E-state index contributed by atoms with van der Waals surface area (Å²) in [6.07, 6.45) is 8.49. The molecule has 3 N–H and O–H groups in total. The standard InChI is InChI=1S/C22H31N3O2/c1-14(20-12-15-8-9-18(20)10-15)24-22(27)23-13-16-4-2-7-19(11-16)25-21(26)17-5-3-6-17/h2,4,7,11,14-15,17-18,20H,3,5-6,8-10,12-13H2,1H3,(H,25,26)(H2,23,24,27)/t14-,15-,18-,20-/m0/s1. The summed E-state index contributed by atoms with van der Waals surface area (Å²) in [6.45, 7) is 2.60. The molecule has 0 spiro atoms. The summed E-state index contributed by atoms with van der Waals surface area (Å²) >= 11 is 0. The Bertz CT molecular complexity index is 701. The third-order valence-electron chi connectivity index (χ3n) is 6.92. The average molecular weight is 370 g/mol. The second-order valence-electron chi connectivity index (χ2n) is 8.77. The predicted molar refractivity (Wildman–Crippen MR) is 106 cm³/mol. The molecule has 2 bridgehead atoms. The van der Waals surface area contributed by atoms with Crippen molar-refractivity contribution in [2.24, 2.45) is 23.7 Å².